The van der Waals surface area contributed by atoms with Gasteiger partial charge in [0.1, 0.15) is 0 Å². The van der Waals surface area contributed by atoms with E-state index in [1.165, 1.54) is 0 Å². The average Bonchev–Trinajstić information content (AvgIpc) is 2.42. The van der Waals surface area contributed by atoms with Crippen molar-refractivity contribution in [3.05, 3.63) is 0 Å². The maximum absolute atomic E-state index is 12.2. The Morgan fingerprint density at radius 2 is 1.95 bits per heavy atom. The van der Waals surface area contributed by atoms with E-state index < -0.39 is 6.04 Å². The number of ether oxygens (including phenoxy) is 1. The second kappa shape index (κ2) is 8.60. The molecule has 2 unspecified atom stereocenters. The predicted octanol–water partition coefficient (Wildman–Crippen LogP) is 0.833. The van der Waals surface area contributed by atoms with E-state index in [2.05, 4.69) is 38.2 Å². The Kier molecular flexibility index (Phi) is 7.48. The van der Waals surface area contributed by atoms with Crippen molar-refractivity contribution >= 4 is 5.91 Å². The van der Waals surface area contributed by atoms with Gasteiger partial charge in [0.05, 0.1) is 6.04 Å². The summed E-state index contributed by atoms with van der Waals surface area (Å²) in [5.74, 6) is 0.850. The summed E-state index contributed by atoms with van der Waals surface area (Å²) in [5, 5.41) is 3.02. The highest BCUT2D eigenvalue weighted by atomic mass is 16.5. The normalized spacial score (nSPS) is 20.1. The molecule has 0 radical (unpaired) electrons. The number of nitrogens with two attached hydrogens (primary N) is 1. The third-order valence-corrected chi connectivity index (χ3v) is 4.06. The number of nitrogens with zero attached hydrogens (tertiary/aromatic N) is 1. The van der Waals surface area contributed by atoms with Gasteiger partial charge in [0, 0.05) is 25.8 Å². The molecule has 2 atom stereocenters. The maximum atomic E-state index is 12.2. The fourth-order valence-corrected chi connectivity index (χ4v) is 2.65. The fraction of sp³-hybridized carbons (Fsp3) is 0.933. The number of carbonyl (C=O) groups is 1. The second-order valence-electron chi connectivity index (χ2n) is 6.47. The van der Waals surface area contributed by atoms with Gasteiger partial charge in [-0.2, -0.15) is 0 Å². The Labute approximate surface area is 123 Å². The van der Waals surface area contributed by atoms with Crippen LogP contribution >= 0.6 is 0 Å². The van der Waals surface area contributed by atoms with Gasteiger partial charge < -0.3 is 20.7 Å². The molecule has 1 rings (SSSR count). The van der Waals surface area contributed by atoms with Gasteiger partial charge in [0.15, 0.2) is 0 Å². The zero-order valence-electron chi connectivity index (χ0n) is 13.4. The van der Waals surface area contributed by atoms with E-state index in [0.717, 1.165) is 32.5 Å². The van der Waals surface area contributed by atoms with Gasteiger partial charge in [0.25, 0.3) is 0 Å². The Morgan fingerprint density at radius 1 is 1.35 bits per heavy atom. The molecule has 0 saturated carbocycles. The summed E-state index contributed by atoms with van der Waals surface area (Å²) in [6, 6.07) is -0.0402. The van der Waals surface area contributed by atoms with E-state index in [4.69, 9.17) is 10.5 Å². The van der Waals surface area contributed by atoms with Crippen molar-refractivity contribution in [1.29, 1.82) is 0 Å². The number of likely N-dealkylation sites (N-methyl/N-ethyl adjacent to an activating group) is 1. The lowest BCUT2D eigenvalue weighted by Gasteiger charge is -2.29. The van der Waals surface area contributed by atoms with Crippen molar-refractivity contribution in [2.45, 2.75) is 45.2 Å². The molecule has 0 aliphatic carbocycles. The van der Waals surface area contributed by atoms with E-state index in [-0.39, 0.29) is 11.8 Å². The van der Waals surface area contributed by atoms with E-state index in [1.54, 1.807) is 0 Å². The summed E-state index contributed by atoms with van der Waals surface area (Å²) >= 11 is 0. The van der Waals surface area contributed by atoms with Gasteiger partial charge in [-0.3, -0.25) is 4.79 Å². The van der Waals surface area contributed by atoms with Crippen LogP contribution in [0.1, 0.15) is 33.1 Å². The van der Waals surface area contributed by atoms with Crippen LogP contribution in [0.2, 0.25) is 0 Å². The molecule has 3 N–H and O–H groups in total. The van der Waals surface area contributed by atoms with Crippen molar-refractivity contribution in [2.24, 2.45) is 17.6 Å². The minimum absolute atomic E-state index is 0.0208. The van der Waals surface area contributed by atoms with Gasteiger partial charge in [-0.1, -0.05) is 13.8 Å². The lowest BCUT2D eigenvalue weighted by molar-refractivity contribution is -0.124. The quantitative estimate of drug-likeness (QED) is 0.727. The maximum Gasteiger partial charge on any atom is 0.237 e. The number of hydrogen-bond donors (Lipinski definition) is 2. The van der Waals surface area contributed by atoms with Gasteiger partial charge in [-0.15, -0.1) is 0 Å². The third-order valence-electron chi connectivity index (χ3n) is 4.06. The fourth-order valence-electron chi connectivity index (χ4n) is 2.65. The van der Waals surface area contributed by atoms with Crippen LogP contribution in [0, 0.1) is 11.8 Å². The summed E-state index contributed by atoms with van der Waals surface area (Å²) < 4.78 is 5.31. The first-order chi connectivity index (χ1) is 9.41. The van der Waals surface area contributed by atoms with Crippen LogP contribution in [0.5, 0.6) is 0 Å². The van der Waals surface area contributed by atoms with Crippen molar-refractivity contribution in [3.63, 3.8) is 0 Å². The first-order valence-corrected chi connectivity index (χ1v) is 7.69. The van der Waals surface area contributed by atoms with E-state index in [9.17, 15) is 4.79 Å². The Balaban J connectivity index is 2.39. The summed E-state index contributed by atoms with van der Waals surface area (Å²) in [5.41, 5.74) is 6.07. The summed E-state index contributed by atoms with van der Waals surface area (Å²) in [6.07, 6.45) is 2.84. The molecule has 1 fully saturated rings. The topological polar surface area (TPSA) is 67.6 Å². The molecule has 1 aliphatic heterocycles. The number of rotatable bonds is 7. The monoisotopic (exact) mass is 285 g/mol. The summed E-state index contributed by atoms with van der Waals surface area (Å²) in [4.78, 5) is 14.3. The van der Waals surface area contributed by atoms with Crippen LogP contribution < -0.4 is 11.1 Å². The predicted molar refractivity (Wildman–Crippen MR) is 81.5 cm³/mol. The molecule has 0 bridgehead atoms. The molecular formula is C15H31N3O2. The van der Waals surface area contributed by atoms with E-state index in [0.29, 0.717) is 18.5 Å². The minimum atomic E-state index is -0.402. The van der Waals surface area contributed by atoms with Crippen LogP contribution in [0.4, 0.5) is 0 Å². The van der Waals surface area contributed by atoms with Gasteiger partial charge >= 0.3 is 0 Å². The standard InChI is InChI=1S/C15H31N3O2/c1-11(2)9-13(18(3)4)10-17-15(19)14(16)12-5-7-20-8-6-12/h11-14H,5-10,16H2,1-4H3,(H,17,19). The smallest absolute Gasteiger partial charge is 0.237 e. The molecule has 0 aromatic rings. The van der Waals surface area contributed by atoms with Crippen LogP contribution in [-0.2, 0) is 9.53 Å². The Morgan fingerprint density at radius 3 is 2.45 bits per heavy atom. The van der Waals surface area contributed by atoms with E-state index >= 15 is 0 Å². The first-order valence-electron chi connectivity index (χ1n) is 7.69. The summed E-state index contributed by atoms with van der Waals surface area (Å²) in [6.45, 7) is 6.51. The average molecular weight is 285 g/mol. The Hall–Kier alpha value is -0.650. The highest BCUT2D eigenvalue weighted by molar-refractivity contribution is 5.81. The zero-order chi connectivity index (χ0) is 15.1. The van der Waals surface area contributed by atoms with Crippen molar-refractivity contribution in [2.75, 3.05) is 33.9 Å². The molecule has 1 aliphatic rings. The number of nitrogens with one attached hydrogen (secondary N) is 1. The van der Waals surface area contributed by atoms with Crippen LogP contribution in [0.3, 0.4) is 0 Å². The molecule has 5 heteroatoms. The number of carbonyl (C=O) groups excluding carboxylic acids is 1. The SMILES string of the molecule is CC(C)CC(CNC(=O)C(N)C1CCOCC1)N(C)C. The molecular weight excluding hydrogens is 254 g/mol. The van der Waals surface area contributed by atoms with Crippen LogP contribution in [0.15, 0.2) is 0 Å². The summed E-state index contributed by atoms with van der Waals surface area (Å²) in [7, 11) is 4.11. The molecule has 0 spiro atoms. The number of amides is 1. The molecule has 0 aromatic carbocycles. The van der Waals surface area contributed by atoms with Crippen LogP contribution in [0.25, 0.3) is 0 Å². The van der Waals surface area contributed by atoms with Gasteiger partial charge in [0.2, 0.25) is 5.91 Å². The molecule has 5 nitrogen and oxygen atoms in total. The van der Waals surface area contributed by atoms with Crippen molar-refractivity contribution in [3.8, 4) is 0 Å². The second-order valence-corrected chi connectivity index (χ2v) is 6.47. The van der Waals surface area contributed by atoms with Crippen molar-refractivity contribution < 1.29 is 9.53 Å². The number of hydrogen-bond acceptors (Lipinski definition) is 4. The molecule has 1 heterocycles. The Bertz CT molecular complexity index is 289. The molecule has 20 heavy (non-hydrogen) atoms. The van der Waals surface area contributed by atoms with E-state index in [1.807, 2.05) is 0 Å². The largest absolute Gasteiger partial charge is 0.381 e. The minimum Gasteiger partial charge on any atom is -0.381 e. The molecule has 1 amide bonds. The van der Waals surface area contributed by atoms with Gasteiger partial charge in [-0.05, 0) is 45.2 Å². The molecule has 1 saturated heterocycles. The molecule has 0 aromatic heterocycles. The highest BCUT2D eigenvalue weighted by Gasteiger charge is 2.27. The van der Waals surface area contributed by atoms with Crippen molar-refractivity contribution in [1.82, 2.24) is 10.2 Å². The molecule has 118 valence electrons. The highest BCUT2D eigenvalue weighted by Crippen LogP contribution is 2.17. The third kappa shape index (κ3) is 5.77. The lowest BCUT2D eigenvalue weighted by Crippen LogP contribution is -2.50. The van der Waals surface area contributed by atoms with Crippen LogP contribution in [-0.4, -0.2) is 56.7 Å². The van der Waals surface area contributed by atoms with Gasteiger partial charge in [-0.25, -0.2) is 0 Å². The lowest BCUT2D eigenvalue weighted by atomic mass is 9.92. The first kappa shape index (κ1) is 17.4. The zero-order valence-corrected chi connectivity index (χ0v) is 13.4.